The monoisotopic (exact) mass is 1540 g/mol. The van der Waals surface area contributed by atoms with Gasteiger partial charge in [-0.05, 0) is 62.3 Å². The minimum atomic E-state index is -1.63. The largest absolute Gasteiger partial charge is 0.519 e. The summed E-state index contributed by atoms with van der Waals surface area (Å²) in [6, 6.07) is -0.0906. The third kappa shape index (κ3) is 17.2. The van der Waals surface area contributed by atoms with Gasteiger partial charge in [-0.3, -0.25) is 23.6 Å². The summed E-state index contributed by atoms with van der Waals surface area (Å²) < 4.78 is 64.4. The van der Waals surface area contributed by atoms with Crippen molar-refractivity contribution >= 4 is 92.4 Å². The van der Waals surface area contributed by atoms with Crippen LogP contribution in [0.25, 0.3) is 44.7 Å². The predicted octanol–water partition coefficient (Wildman–Crippen LogP) is 1.54. The number of carbonyl (C=O) groups is 4. The Kier molecular flexibility index (Phi) is 24.2. The van der Waals surface area contributed by atoms with Crippen LogP contribution >= 0.6 is 0 Å². The second-order valence-electron chi connectivity index (χ2n) is 26.0. The third-order valence-corrected chi connectivity index (χ3v) is 17.5. The molecule has 0 bridgehead atoms. The second kappa shape index (κ2) is 33.2. The Morgan fingerprint density at radius 1 is 0.532 bits per heavy atom. The molecule has 13 heterocycles. The number of carbonyl (C=O) groups excluding carboxylic acids is 4. The maximum Gasteiger partial charge on any atom is 0.519 e. The van der Waals surface area contributed by atoms with Crippen LogP contribution in [0.5, 0.6) is 0 Å². The molecule has 3 amide bonds. The van der Waals surface area contributed by atoms with Crippen molar-refractivity contribution in [3.63, 3.8) is 0 Å². The molecule has 43 heteroatoms. The number of hydrogen-bond donors (Lipinski definition) is 11. The summed E-state index contributed by atoms with van der Waals surface area (Å²) in [5.41, 5.74) is 14.9. The Morgan fingerprint density at radius 3 is 1.24 bits per heavy atom. The van der Waals surface area contributed by atoms with Crippen molar-refractivity contribution in [2.24, 2.45) is 0 Å². The number of rotatable bonds is 16. The Hall–Kier alpha value is -12.4. The van der Waals surface area contributed by atoms with Crippen LogP contribution in [0.1, 0.15) is 113 Å². The number of aliphatic hydroxyl groups excluding tert-OH is 5. The van der Waals surface area contributed by atoms with Crippen LogP contribution in [0.4, 0.5) is 42.4 Å². The van der Waals surface area contributed by atoms with Gasteiger partial charge in [0.05, 0.1) is 38.0 Å². The smallest absolute Gasteiger partial charge is 0.447 e. The fourth-order valence-electron chi connectivity index (χ4n) is 11.9. The molecule has 588 valence electrons. The van der Waals surface area contributed by atoms with Gasteiger partial charge in [-0.2, -0.15) is 0 Å². The molecule has 9 aromatic rings. The Morgan fingerprint density at radius 2 is 0.892 bits per heavy atom. The van der Waals surface area contributed by atoms with Gasteiger partial charge >= 0.3 is 30.3 Å². The number of ether oxygens (including phenoxy) is 9. The zero-order chi connectivity index (χ0) is 80.8. The SMILES string of the molecule is C#C[C@]1(CO)O[C@@H](n2cnc3c(NC(=O)OC(C)C)nc(C)nc32)C[C@@H]1O.C#C[C@]1(COC(=O)NC(C)C)O[C@@H](n2cnc3c(N)nc(C)nc32)C[C@@H]1O.C#C[C@]1(COC(=O)NC)O[C@@H](n2cnc3c(N)nc(C)nc32)C[C@@H]1O.C#C[C@]1(COC(=O)OCc2oc(=O)oc2C)O[C@@H](n2cnc3c(N)nc(C)nc32)C[C@@H]1O. The van der Waals surface area contributed by atoms with E-state index in [0.29, 0.717) is 68.0 Å². The van der Waals surface area contributed by atoms with Gasteiger partial charge in [0.2, 0.25) is 0 Å². The molecule has 9 aromatic heterocycles. The molecule has 0 aromatic carbocycles. The molecular weight excluding hydrogens is 1460 g/mol. The van der Waals surface area contributed by atoms with E-state index in [1.54, 1.807) is 73.7 Å². The lowest BCUT2D eigenvalue weighted by molar-refractivity contribution is -0.0987. The number of amides is 3. The van der Waals surface area contributed by atoms with Crippen LogP contribution in [0.2, 0.25) is 0 Å². The zero-order valence-electron chi connectivity index (χ0n) is 61.4. The van der Waals surface area contributed by atoms with Gasteiger partial charge in [0.1, 0.15) is 109 Å². The average Bonchev–Trinajstić information content (AvgIpc) is 1.63. The highest BCUT2D eigenvalue weighted by Gasteiger charge is 2.53. The van der Waals surface area contributed by atoms with E-state index in [1.165, 1.54) is 39.3 Å². The van der Waals surface area contributed by atoms with Crippen molar-refractivity contribution in [3.8, 4) is 49.4 Å². The first-order valence-corrected chi connectivity index (χ1v) is 33.9. The van der Waals surface area contributed by atoms with E-state index in [2.05, 4.69) is 104 Å². The molecule has 0 radical (unpaired) electrons. The van der Waals surface area contributed by atoms with Gasteiger partial charge in [-0.15, -0.1) is 25.7 Å². The number of nitrogens with two attached hydrogens (primary N) is 3. The standard InChI is InChI=1S/C19H19N5O8.C17H22N6O4.C17H21N5O5.C15H18N6O4/c1-4-19(7-29-17(26)28-6-11-9(2)30-18(27)31-11)12(25)5-13(32-19)24-8-21-14-15(20)22-10(3)23-16(14)24;1-5-17(7-26-16(25)20-9(2)3)11(24)6-12(27-17)23-8-19-13-14(18)21-10(4)22-15(13)23;1-5-17(7-23)11(24)6-12(27-17)22-8-18-13-14(19-10(4)20-15(13)22)21-16(25)26-9(2)3;1-4-15(6-24-14(23)17-3)9(22)5-10(25-15)21-7-18-11-12(16)19-8(2)20-13(11)21/h1,8,12-13,25H,5-7H2,2-3H3,(H2,20,22,23);1,8-9,11-12,24H,6-7H2,2-4H3,(H,20,25)(H2,18,21,22);1,8-9,11-12,23-24H,6-7H2,2-4H3,(H,19,20,21,25);1,7,9-10,22H,5-6H2,2-3H3,(H,17,23)(H2,16,19,20)/t12-,13+,19+;2*11-,12+,17+;9-,10+,15+/m0000/s1. The lowest BCUT2D eigenvalue weighted by atomic mass is 9.99. The molecular formula is C68H80N22O21. The minimum absolute atomic E-state index is 0.0411. The summed E-state index contributed by atoms with van der Waals surface area (Å²) >= 11 is 0. The van der Waals surface area contributed by atoms with Gasteiger partial charge < -0.3 is 105 Å². The first-order chi connectivity index (χ1) is 52.7. The summed E-state index contributed by atoms with van der Waals surface area (Å²) in [5, 5.41) is 58.7. The van der Waals surface area contributed by atoms with E-state index in [9.17, 15) is 49.5 Å². The number of imidazole rings is 4. The molecule has 4 saturated heterocycles. The first kappa shape index (κ1) is 81.1. The molecule has 0 spiro atoms. The number of nitrogens with one attached hydrogen (secondary N) is 3. The van der Waals surface area contributed by atoms with E-state index >= 15 is 0 Å². The topological polar surface area (TPSA) is 584 Å². The summed E-state index contributed by atoms with van der Waals surface area (Å²) in [6.45, 7) is 13.3. The second-order valence-corrected chi connectivity index (χ2v) is 26.0. The van der Waals surface area contributed by atoms with E-state index in [1.807, 2.05) is 0 Å². The molecule has 0 saturated carbocycles. The van der Waals surface area contributed by atoms with Gasteiger partial charge in [-0.1, -0.05) is 23.7 Å². The van der Waals surface area contributed by atoms with Crippen molar-refractivity contribution in [2.45, 2.75) is 178 Å². The van der Waals surface area contributed by atoms with Crippen LogP contribution in [-0.2, 0) is 49.2 Å². The number of fused-ring (bicyclic) bond motifs is 4. The number of aromatic nitrogens is 16. The minimum Gasteiger partial charge on any atom is -0.447 e. The maximum atomic E-state index is 12.0. The molecule has 0 unspecified atom stereocenters. The number of aliphatic hydroxyl groups is 5. The van der Waals surface area contributed by atoms with Gasteiger partial charge in [0, 0.05) is 38.8 Å². The summed E-state index contributed by atoms with van der Waals surface area (Å²) in [6.07, 6.45) is 18.3. The van der Waals surface area contributed by atoms with E-state index in [4.69, 9.17) is 89.9 Å². The highest BCUT2D eigenvalue weighted by molar-refractivity contribution is 5.93. The normalized spacial score (nSPS) is 24.4. The maximum absolute atomic E-state index is 12.0. The highest BCUT2D eigenvalue weighted by Crippen LogP contribution is 2.43. The molecule has 13 rings (SSSR count). The first-order valence-electron chi connectivity index (χ1n) is 33.9. The van der Waals surface area contributed by atoms with Crippen LogP contribution in [0.3, 0.4) is 0 Å². The number of nitrogens with zero attached hydrogens (tertiary/aromatic N) is 16. The number of aryl methyl sites for hydroxylation is 5. The number of anilines is 4. The number of terminal acetylenes is 4. The van der Waals surface area contributed by atoms with Crippen LogP contribution < -0.4 is 39.0 Å². The molecule has 4 fully saturated rings. The van der Waals surface area contributed by atoms with Crippen molar-refractivity contribution in [1.29, 1.82) is 0 Å². The Balaban J connectivity index is 0.000000158. The zero-order valence-corrected chi connectivity index (χ0v) is 61.4. The van der Waals surface area contributed by atoms with Gasteiger partial charge in [-0.25, -0.2) is 83.8 Å². The summed E-state index contributed by atoms with van der Waals surface area (Å²) in [7, 11) is 1.42. The van der Waals surface area contributed by atoms with Gasteiger partial charge in [0.15, 0.2) is 91.9 Å². The van der Waals surface area contributed by atoms with Crippen molar-refractivity contribution in [3.05, 3.63) is 70.7 Å². The van der Waals surface area contributed by atoms with E-state index in [-0.39, 0.29) is 92.4 Å². The van der Waals surface area contributed by atoms with E-state index < -0.39 is 115 Å². The Labute approximate surface area is 629 Å². The fourth-order valence-corrected chi connectivity index (χ4v) is 11.9. The molecule has 14 N–H and O–H groups in total. The van der Waals surface area contributed by atoms with Crippen LogP contribution in [0.15, 0.2) is 38.9 Å². The highest BCUT2D eigenvalue weighted by atomic mass is 16.7. The van der Waals surface area contributed by atoms with Crippen LogP contribution in [-0.4, -0.2) is 220 Å². The Bertz CT molecular complexity index is 5200. The molecule has 4 aliphatic heterocycles. The van der Waals surface area contributed by atoms with Crippen molar-refractivity contribution < 1.29 is 96.2 Å². The van der Waals surface area contributed by atoms with E-state index in [0.717, 1.165) is 0 Å². The fraction of sp³-hybridized carbons (Fsp3) is 0.485. The molecule has 0 aliphatic carbocycles. The lowest BCUT2D eigenvalue weighted by Gasteiger charge is -2.26. The molecule has 43 nitrogen and oxygen atoms in total. The number of nitrogen functional groups attached to an aromatic ring is 3. The van der Waals surface area contributed by atoms with Crippen molar-refractivity contribution in [2.75, 3.05) is 56.0 Å². The quantitative estimate of drug-likeness (QED) is 0.0371. The lowest BCUT2D eigenvalue weighted by Crippen LogP contribution is -2.44. The number of hydrogen-bond acceptors (Lipinski definition) is 36. The summed E-state index contributed by atoms with van der Waals surface area (Å²) in [5.74, 6) is 11.5. The molecule has 12 atom stereocenters. The number of alkyl carbamates (subject to hydrolysis) is 2. The third-order valence-electron chi connectivity index (χ3n) is 17.5. The molecule has 4 aliphatic rings. The van der Waals surface area contributed by atoms with Gasteiger partial charge in [0.25, 0.3) is 0 Å². The summed E-state index contributed by atoms with van der Waals surface area (Å²) in [4.78, 5) is 109. The van der Waals surface area contributed by atoms with Crippen LogP contribution in [0, 0.1) is 84.0 Å². The molecule has 111 heavy (non-hydrogen) atoms. The van der Waals surface area contributed by atoms with Crippen molar-refractivity contribution in [1.82, 2.24) is 88.7 Å². The average molecular weight is 1540 g/mol. The predicted molar refractivity (Wildman–Crippen MR) is 383 cm³/mol.